The van der Waals surface area contributed by atoms with Crippen molar-refractivity contribution in [2.45, 2.75) is 6.18 Å². The Kier molecular flexibility index (Phi) is 2.59. The molecule has 0 aromatic carbocycles. The van der Waals surface area contributed by atoms with E-state index in [0.717, 1.165) is 10.9 Å². The third kappa shape index (κ3) is 2.01. The van der Waals surface area contributed by atoms with Crippen LogP contribution >= 0.6 is 11.3 Å². The van der Waals surface area contributed by atoms with Crippen LogP contribution in [0.15, 0.2) is 29.6 Å². The quantitative estimate of drug-likeness (QED) is 0.807. The molecule has 6 heteroatoms. The van der Waals surface area contributed by atoms with Crippen molar-refractivity contribution in [2.75, 3.05) is 0 Å². The van der Waals surface area contributed by atoms with Gasteiger partial charge in [-0.3, -0.25) is 4.79 Å². The molecule has 0 unspecified atom stereocenters. The minimum atomic E-state index is -4.84. The number of ketones is 1. The van der Waals surface area contributed by atoms with Crippen LogP contribution < -0.4 is 0 Å². The van der Waals surface area contributed by atoms with E-state index in [1.807, 2.05) is 0 Å². The van der Waals surface area contributed by atoms with Gasteiger partial charge in [-0.25, -0.2) is 0 Å². The van der Waals surface area contributed by atoms with Crippen LogP contribution in [0, 0.1) is 0 Å². The van der Waals surface area contributed by atoms with Gasteiger partial charge in [0, 0.05) is 0 Å². The lowest BCUT2D eigenvalue weighted by Gasteiger charge is -2.02. The standard InChI is InChI=1S/C10H6F3NOS/c11-10(12,13)9(15)7-4-3-6(14-7)8-2-1-5-16-8/h1-5,14H. The average molecular weight is 245 g/mol. The Morgan fingerprint density at radius 2 is 2.00 bits per heavy atom. The van der Waals surface area contributed by atoms with Gasteiger partial charge in [-0.1, -0.05) is 6.07 Å². The zero-order valence-electron chi connectivity index (χ0n) is 7.84. The lowest BCUT2D eigenvalue weighted by atomic mass is 10.3. The Balaban J connectivity index is 2.31. The first-order valence-electron chi connectivity index (χ1n) is 4.33. The molecular formula is C10H6F3NOS. The molecule has 16 heavy (non-hydrogen) atoms. The molecule has 2 nitrogen and oxygen atoms in total. The number of thiophene rings is 1. The molecule has 0 saturated carbocycles. The Hall–Kier alpha value is -1.56. The highest BCUT2D eigenvalue weighted by Gasteiger charge is 2.40. The second-order valence-electron chi connectivity index (χ2n) is 3.09. The summed E-state index contributed by atoms with van der Waals surface area (Å²) in [6.45, 7) is 0. The number of carbonyl (C=O) groups is 1. The van der Waals surface area contributed by atoms with Gasteiger partial charge in [-0.05, 0) is 23.6 Å². The molecule has 0 atom stereocenters. The summed E-state index contributed by atoms with van der Waals surface area (Å²) in [5, 5.41) is 1.81. The van der Waals surface area contributed by atoms with E-state index < -0.39 is 17.7 Å². The minimum absolute atomic E-state index is 0.434. The first-order chi connectivity index (χ1) is 7.48. The van der Waals surface area contributed by atoms with Crippen molar-refractivity contribution in [2.24, 2.45) is 0 Å². The summed E-state index contributed by atoms with van der Waals surface area (Å²) in [6, 6.07) is 6.15. The molecule has 1 N–H and O–H groups in total. The predicted molar refractivity (Wildman–Crippen MR) is 54.5 cm³/mol. The molecule has 2 aromatic rings. The van der Waals surface area contributed by atoms with Gasteiger partial charge in [-0.15, -0.1) is 11.3 Å². The summed E-state index contributed by atoms with van der Waals surface area (Å²) in [5.41, 5.74) is 0.0819. The third-order valence-corrected chi connectivity index (χ3v) is 2.88. The molecule has 0 aliphatic heterocycles. The van der Waals surface area contributed by atoms with Crippen LogP contribution in [0.4, 0.5) is 13.2 Å². The highest BCUT2D eigenvalue weighted by atomic mass is 32.1. The van der Waals surface area contributed by atoms with Gasteiger partial charge in [0.25, 0.3) is 5.78 Å². The number of hydrogen-bond donors (Lipinski definition) is 1. The van der Waals surface area contributed by atoms with Gasteiger partial charge in [0.2, 0.25) is 0 Å². The average Bonchev–Trinajstić information content (AvgIpc) is 2.85. The van der Waals surface area contributed by atoms with Gasteiger partial charge in [0.05, 0.1) is 16.3 Å². The topological polar surface area (TPSA) is 32.9 Å². The maximum atomic E-state index is 12.1. The van der Waals surface area contributed by atoms with Crippen molar-refractivity contribution in [3.63, 3.8) is 0 Å². The van der Waals surface area contributed by atoms with Crippen molar-refractivity contribution < 1.29 is 18.0 Å². The van der Waals surface area contributed by atoms with Gasteiger partial charge in [0.1, 0.15) is 0 Å². The van der Waals surface area contributed by atoms with Crippen LogP contribution in [0.5, 0.6) is 0 Å². The monoisotopic (exact) mass is 245 g/mol. The van der Waals surface area contributed by atoms with E-state index in [1.54, 1.807) is 17.5 Å². The van der Waals surface area contributed by atoms with E-state index in [9.17, 15) is 18.0 Å². The first kappa shape index (κ1) is 10.9. The number of alkyl halides is 3. The summed E-state index contributed by atoms with van der Waals surface area (Å²) in [7, 11) is 0. The Morgan fingerprint density at radius 1 is 1.25 bits per heavy atom. The zero-order valence-corrected chi connectivity index (χ0v) is 8.65. The van der Waals surface area contributed by atoms with E-state index in [4.69, 9.17) is 0 Å². The number of H-pyrrole nitrogens is 1. The maximum Gasteiger partial charge on any atom is 0.456 e. The second-order valence-corrected chi connectivity index (χ2v) is 4.04. The molecule has 0 bridgehead atoms. The summed E-state index contributed by atoms with van der Waals surface area (Å²) >= 11 is 1.38. The van der Waals surface area contributed by atoms with E-state index in [-0.39, 0.29) is 0 Å². The van der Waals surface area contributed by atoms with Crippen molar-refractivity contribution in [1.82, 2.24) is 4.98 Å². The molecule has 0 radical (unpaired) electrons. The molecule has 2 rings (SSSR count). The molecule has 0 saturated heterocycles. The second kappa shape index (κ2) is 3.79. The molecule has 0 aliphatic carbocycles. The third-order valence-electron chi connectivity index (χ3n) is 1.97. The van der Waals surface area contributed by atoms with Gasteiger partial charge in [0.15, 0.2) is 0 Å². The van der Waals surface area contributed by atoms with Crippen LogP contribution in [0.3, 0.4) is 0 Å². The van der Waals surface area contributed by atoms with Crippen LogP contribution in [0.25, 0.3) is 10.6 Å². The summed E-state index contributed by atoms with van der Waals surface area (Å²) < 4.78 is 36.4. The summed E-state index contributed by atoms with van der Waals surface area (Å²) in [6.07, 6.45) is -4.84. The number of rotatable bonds is 2. The van der Waals surface area contributed by atoms with Crippen LogP contribution in [0.1, 0.15) is 10.5 Å². The SMILES string of the molecule is O=C(c1ccc(-c2cccs2)[nH]1)C(F)(F)F. The molecular weight excluding hydrogens is 239 g/mol. The van der Waals surface area contributed by atoms with Crippen molar-refractivity contribution in [3.8, 4) is 10.6 Å². The fraction of sp³-hybridized carbons (Fsp3) is 0.100. The number of Topliss-reactive ketones (excluding diaryl/α,β-unsaturated/α-hetero) is 1. The van der Waals surface area contributed by atoms with Gasteiger partial charge in [-0.2, -0.15) is 13.2 Å². The van der Waals surface area contributed by atoms with E-state index >= 15 is 0 Å². The van der Waals surface area contributed by atoms with Crippen LogP contribution in [-0.2, 0) is 0 Å². The fourth-order valence-electron chi connectivity index (χ4n) is 1.26. The molecule has 2 heterocycles. The molecule has 0 amide bonds. The molecule has 0 spiro atoms. The number of aromatic amines is 1. The van der Waals surface area contributed by atoms with E-state index in [1.165, 1.54) is 17.4 Å². The number of nitrogens with one attached hydrogen (secondary N) is 1. The van der Waals surface area contributed by atoms with Crippen molar-refractivity contribution in [3.05, 3.63) is 35.3 Å². The Bertz CT molecular complexity index is 498. The molecule has 0 fully saturated rings. The van der Waals surface area contributed by atoms with Crippen LogP contribution in [0.2, 0.25) is 0 Å². The molecule has 2 aromatic heterocycles. The maximum absolute atomic E-state index is 12.1. The summed E-state index contributed by atoms with van der Waals surface area (Å²) in [4.78, 5) is 14.2. The number of aromatic nitrogens is 1. The van der Waals surface area contributed by atoms with E-state index in [0.29, 0.717) is 5.69 Å². The fourth-order valence-corrected chi connectivity index (χ4v) is 1.96. The Labute approximate surface area is 92.7 Å². The normalized spacial score (nSPS) is 11.7. The smallest absolute Gasteiger partial charge is 0.351 e. The predicted octanol–water partition coefficient (Wildman–Crippen LogP) is 3.49. The Morgan fingerprint density at radius 3 is 2.56 bits per heavy atom. The lowest BCUT2D eigenvalue weighted by Crippen LogP contribution is -2.22. The molecule has 0 aliphatic rings. The highest BCUT2D eigenvalue weighted by molar-refractivity contribution is 7.13. The molecule has 84 valence electrons. The zero-order chi connectivity index (χ0) is 11.8. The number of carbonyl (C=O) groups excluding carboxylic acids is 1. The van der Waals surface area contributed by atoms with Crippen molar-refractivity contribution >= 4 is 17.1 Å². The highest BCUT2D eigenvalue weighted by Crippen LogP contribution is 2.26. The largest absolute Gasteiger partial charge is 0.456 e. The first-order valence-corrected chi connectivity index (χ1v) is 5.21. The van der Waals surface area contributed by atoms with Crippen LogP contribution in [-0.4, -0.2) is 16.9 Å². The number of hydrogen-bond acceptors (Lipinski definition) is 2. The lowest BCUT2D eigenvalue weighted by molar-refractivity contribution is -0.0887. The van der Waals surface area contributed by atoms with Crippen molar-refractivity contribution in [1.29, 1.82) is 0 Å². The summed E-state index contributed by atoms with van der Waals surface area (Å²) in [5.74, 6) is -1.85. The van der Waals surface area contributed by atoms with Gasteiger partial charge < -0.3 is 4.98 Å². The van der Waals surface area contributed by atoms with Gasteiger partial charge >= 0.3 is 6.18 Å². The number of halogens is 3. The minimum Gasteiger partial charge on any atom is -0.351 e. The van der Waals surface area contributed by atoms with E-state index in [2.05, 4.69) is 4.98 Å².